The second-order valence-corrected chi connectivity index (χ2v) is 5.64. The maximum Gasteiger partial charge on any atom is 0.354 e. The van der Waals surface area contributed by atoms with Crippen molar-refractivity contribution in [1.29, 1.82) is 0 Å². The molecular weight excluding hydrogens is 337 g/mol. The van der Waals surface area contributed by atoms with E-state index in [-0.39, 0.29) is 22.4 Å². The minimum atomic E-state index is -0.588. The molecule has 1 amide bonds. The van der Waals surface area contributed by atoms with Crippen LogP contribution >= 0.6 is 11.8 Å². The van der Waals surface area contributed by atoms with Crippen molar-refractivity contribution in [2.75, 3.05) is 5.75 Å². The van der Waals surface area contributed by atoms with Gasteiger partial charge in [-0.05, 0) is 34.8 Å². The normalized spacial score (nSPS) is 10.2. The topological polar surface area (TPSA) is 113 Å². The summed E-state index contributed by atoms with van der Waals surface area (Å²) >= 11 is 0.938. The van der Waals surface area contributed by atoms with Crippen molar-refractivity contribution in [1.82, 2.24) is 20.8 Å². The van der Waals surface area contributed by atoms with Crippen molar-refractivity contribution >= 4 is 29.2 Å². The Labute approximate surface area is 140 Å². The minimum absolute atomic E-state index is 0.0746. The highest BCUT2D eigenvalue weighted by atomic mass is 32.2. The number of hydrazine groups is 1. The van der Waals surface area contributed by atoms with E-state index in [1.165, 1.54) is 24.3 Å². The zero-order valence-electron chi connectivity index (χ0n) is 12.6. The standard InChI is InChI=1S/C14H14FN5O3S/c1-8(10-3-5-11(15)6-4-10)18-19-12(21)7-24-14-13(20(22)23)16-9(2)17-14/h3-6,18H,1,7H2,2H3,(H,16,17)(H,19,21). The van der Waals surface area contributed by atoms with Gasteiger partial charge in [0, 0.05) is 6.92 Å². The smallest absolute Gasteiger partial charge is 0.354 e. The summed E-state index contributed by atoms with van der Waals surface area (Å²) < 4.78 is 12.8. The number of rotatable bonds is 7. The van der Waals surface area contributed by atoms with Crippen molar-refractivity contribution in [2.24, 2.45) is 0 Å². The van der Waals surface area contributed by atoms with E-state index in [4.69, 9.17) is 0 Å². The largest absolute Gasteiger partial charge is 0.358 e. The SMILES string of the molecule is C=C(NNC(=O)CSc1nc(C)[nH]c1[N+](=O)[O-])c1ccc(F)cc1. The number of H-pyrrole nitrogens is 1. The lowest BCUT2D eigenvalue weighted by Gasteiger charge is -2.10. The van der Waals surface area contributed by atoms with Crippen molar-refractivity contribution in [2.45, 2.75) is 11.9 Å². The number of amides is 1. The van der Waals surface area contributed by atoms with Gasteiger partial charge in [-0.3, -0.25) is 15.6 Å². The molecular formula is C14H14FN5O3S. The fraction of sp³-hybridized carbons (Fsp3) is 0.143. The lowest BCUT2D eigenvalue weighted by molar-refractivity contribution is -0.392. The van der Waals surface area contributed by atoms with Crippen LogP contribution < -0.4 is 10.9 Å². The molecule has 2 rings (SSSR count). The Morgan fingerprint density at radius 2 is 2.08 bits per heavy atom. The zero-order chi connectivity index (χ0) is 17.7. The number of nitro groups is 1. The van der Waals surface area contributed by atoms with Gasteiger partial charge in [0.25, 0.3) is 0 Å². The van der Waals surface area contributed by atoms with Crippen molar-refractivity contribution in [3.8, 4) is 0 Å². The van der Waals surface area contributed by atoms with Gasteiger partial charge in [-0.15, -0.1) is 0 Å². The summed E-state index contributed by atoms with van der Waals surface area (Å²) in [7, 11) is 0. The number of hydrogen-bond donors (Lipinski definition) is 3. The number of thioether (sulfide) groups is 1. The Hall–Kier alpha value is -2.88. The van der Waals surface area contributed by atoms with E-state index >= 15 is 0 Å². The molecule has 0 saturated carbocycles. The highest BCUT2D eigenvalue weighted by Crippen LogP contribution is 2.26. The molecule has 1 aromatic carbocycles. The predicted octanol–water partition coefficient (Wildman–Crippen LogP) is 2.15. The van der Waals surface area contributed by atoms with Crippen LogP contribution in [-0.2, 0) is 4.79 Å². The molecule has 0 spiro atoms. The second-order valence-electron chi connectivity index (χ2n) is 4.68. The number of hydrogen-bond acceptors (Lipinski definition) is 6. The molecule has 24 heavy (non-hydrogen) atoms. The number of halogens is 1. The molecule has 10 heteroatoms. The van der Waals surface area contributed by atoms with E-state index in [0.717, 1.165) is 11.8 Å². The quantitative estimate of drug-likeness (QED) is 0.400. The summed E-state index contributed by atoms with van der Waals surface area (Å²) in [5, 5.41) is 11.0. The average molecular weight is 351 g/mol. The van der Waals surface area contributed by atoms with Gasteiger partial charge >= 0.3 is 5.82 Å². The molecule has 1 aromatic heterocycles. The van der Waals surface area contributed by atoms with Crippen LogP contribution in [0.2, 0.25) is 0 Å². The summed E-state index contributed by atoms with van der Waals surface area (Å²) in [6.45, 7) is 5.31. The van der Waals surface area contributed by atoms with Gasteiger partial charge in [0.1, 0.15) is 5.82 Å². The number of aromatic amines is 1. The Kier molecular flexibility index (Phi) is 5.53. The maximum atomic E-state index is 12.8. The molecule has 3 N–H and O–H groups in total. The Morgan fingerprint density at radius 1 is 1.42 bits per heavy atom. The van der Waals surface area contributed by atoms with E-state index in [2.05, 4.69) is 27.4 Å². The van der Waals surface area contributed by atoms with E-state index in [1.54, 1.807) is 6.92 Å². The van der Waals surface area contributed by atoms with Gasteiger partial charge in [0.15, 0.2) is 10.9 Å². The Balaban J connectivity index is 1.84. The van der Waals surface area contributed by atoms with Crippen LogP contribution in [0.3, 0.4) is 0 Å². The van der Waals surface area contributed by atoms with E-state index in [0.29, 0.717) is 17.1 Å². The number of aromatic nitrogens is 2. The van der Waals surface area contributed by atoms with Crippen LogP contribution in [0.4, 0.5) is 10.2 Å². The first kappa shape index (κ1) is 17.5. The van der Waals surface area contributed by atoms with Crippen LogP contribution in [0.1, 0.15) is 11.4 Å². The van der Waals surface area contributed by atoms with E-state index in [9.17, 15) is 19.3 Å². The molecule has 0 bridgehead atoms. The van der Waals surface area contributed by atoms with Crippen LogP contribution in [0, 0.1) is 22.9 Å². The Morgan fingerprint density at radius 3 is 2.71 bits per heavy atom. The molecule has 0 aliphatic rings. The number of imidazole rings is 1. The van der Waals surface area contributed by atoms with E-state index < -0.39 is 10.8 Å². The molecule has 0 aliphatic heterocycles. The fourth-order valence-electron chi connectivity index (χ4n) is 1.72. The van der Waals surface area contributed by atoms with Crippen molar-refractivity contribution in [3.63, 3.8) is 0 Å². The maximum absolute atomic E-state index is 12.8. The third kappa shape index (κ3) is 4.56. The molecule has 0 atom stereocenters. The Bertz CT molecular complexity index is 775. The van der Waals surface area contributed by atoms with Gasteiger partial charge in [-0.1, -0.05) is 18.3 Å². The third-order valence-electron chi connectivity index (χ3n) is 2.84. The molecule has 1 heterocycles. The van der Waals surface area contributed by atoms with Crippen molar-refractivity contribution in [3.05, 3.63) is 58.2 Å². The lowest BCUT2D eigenvalue weighted by atomic mass is 10.2. The fourth-order valence-corrected chi connectivity index (χ4v) is 2.52. The molecule has 0 radical (unpaired) electrons. The first-order valence-corrected chi connectivity index (χ1v) is 7.69. The molecule has 8 nitrogen and oxygen atoms in total. The third-order valence-corrected chi connectivity index (χ3v) is 3.80. The van der Waals surface area contributed by atoms with Gasteiger partial charge in [-0.2, -0.15) is 4.98 Å². The van der Waals surface area contributed by atoms with Crippen LogP contribution in [-0.4, -0.2) is 26.6 Å². The van der Waals surface area contributed by atoms with E-state index in [1.807, 2.05) is 0 Å². The van der Waals surface area contributed by atoms with Crippen molar-refractivity contribution < 1.29 is 14.1 Å². The zero-order valence-corrected chi connectivity index (χ0v) is 13.4. The highest BCUT2D eigenvalue weighted by molar-refractivity contribution is 8.00. The summed E-state index contributed by atoms with van der Waals surface area (Å²) in [6, 6.07) is 5.58. The molecule has 2 aromatic rings. The monoisotopic (exact) mass is 351 g/mol. The molecule has 0 fully saturated rings. The van der Waals surface area contributed by atoms with Gasteiger partial charge in [-0.25, -0.2) is 9.37 Å². The predicted molar refractivity (Wildman–Crippen MR) is 87.4 cm³/mol. The summed E-state index contributed by atoms with van der Waals surface area (Å²) in [5.74, 6) is -0.711. The molecule has 0 unspecified atom stereocenters. The lowest BCUT2D eigenvalue weighted by Crippen LogP contribution is -2.37. The van der Waals surface area contributed by atoms with Crippen LogP contribution in [0.15, 0.2) is 35.9 Å². The summed E-state index contributed by atoms with van der Waals surface area (Å²) in [6.07, 6.45) is 0. The minimum Gasteiger partial charge on any atom is -0.358 e. The number of benzene rings is 1. The number of carbonyl (C=O) groups excluding carboxylic acids is 1. The molecule has 0 aliphatic carbocycles. The molecule has 126 valence electrons. The average Bonchev–Trinajstić information content (AvgIpc) is 2.92. The van der Waals surface area contributed by atoms with Crippen LogP contribution in [0.5, 0.6) is 0 Å². The van der Waals surface area contributed by atoms with Gasteiger partial charge in [0.05, 0.1) is 11.4 Å². The summed E-state index contributed by atoms with van der Waals surface area (Å²) in [5.41, 5.74) is 6.01. The number of nitrogens with one attached hydrogen (secondary N) is 3. The summed E-state index contributed by atoms with van der Waals surface area (Å²) in [4.78, 5) is 28.5. The highest BCUT2D eigenvalue weighted by Gasteiger charge is 2.19. The number of nitrogens with zero attached hydrogens (tertiary/aromatic N) is 2. The first-order chi connectivity index (χ1) is 11.4. The first-order valence-electron chi connectivity index (χ1n) is 6.70. The second kappa shape index (κ2) is 7.59. The van der Waals surface area contributed by atoms with Gasteiger partial charge in [0.2, 0.25) is 5.91 Å². The number of aryl methyl sites for hydroxylation is 1. The van der Waals surface area contributed by atoms with Crippen LogP contribution in [0.25, 0.3) is 5.70 Å². The molecule has 0 saturated heterocycles. The number of carbonyl (C=O) groups is 1. The van der Waals surface area contributed by atoms with Gasteiger partial charge < -0.3 is 10.1 Å².